The molecule has 5 nitrogen and oxygen atoms in total. The Morgan fingerprint density at radius 2 is 2.00 bits per heavy atom. The highest BCUT2D eigenvalue weighted by molar-refractivity contribution is 8.03. The van der Waals surface area contributed by atoms with Crippen LogP contribution in [0.1, 0.15) is 32.3 Å². The van der Waals surface area contributed by atoms with Crippen LogP contribution in [0.15, 0.2) is 52.2 Å². The van der Waals surface area contributed by atoms with E-state index in [1.807, 2.05) is 37.3 Å². The van der Waals surface area contributed by atoms with E-state index in [-0.39, 0.29) is 17.5 Å². The minimum atomic E-state index is -0.436. The molecule has 1 heterocycles. The Balaban J connectivity index is 2.44. The third kappa shape index (κ3) is 4.31. The Morgan fingerprint density at radius 1 is 1.32 bits per heavy atom. The zero-order valence-corrected chi connectivity index (χ0v) is 15.3. The quantitative estimate of drug-likeness (QED) is 0.788. The molecular formula is C19H20N2O3S. The van der Waals surface area contributed by atoms with Crippen LogP contribution in [-0.2, 0) is 14.3 Å². The van der Waals surface area contributed by atoms with Crippen molar-refractivity contribution in [3.63, 3.8) is 0 Å². The van der Waals surface area contributed by atoms with Crippen molar-refractivity contribution in [2.45, 2.75) is 26.7 Å². The molecule has 0 bridgehead atoms. The van der Waals surface area contributed by atoms with Crippen molar-refractivity contribution in [3.8, 4) is 6.07 Å². The van der Waals surface area contributed by atoms with Gasteiger partial charge in [0.25, 0.3) is 0 Å². The van der Waals surface area contributed by atoms with Crippen LogP contribution in [0.2, 0.25) is 0 Å². The van der Waals surface area contributed by atoms with Crippen LogP contribution >= 0.6 is 11.8 Å². The number of esters is 1. The average molecular weight is 356 g/mol. The minimum absolute atomic E-state index is 0.0824. The summed E-state index contributed by atoms with van der Waals surface area (Å²) in [6.07, 6.45) is 0. The summed E-state index contributed by atoms with van der Waals surface area (Å²) in [5, 5.41) is 13.4. The molecule has 1 aromatic rings. The second kappa shape index (κ2) is 8.54. The van der Waals surface area contributed by atoms with Crippen LogP contribution in [0.5, 0.6) is 0 Å². The van der Waals surface area contributed by atoms with Crippen molar-refractivity contribution < 1.29 is 14.3 Å². The van der Waals surface area contributed by atoms with Gasteiger partial charge in [0.1, 0.15) is 0 Å². The molecule has 0 radical (unpaired) electrons. The Kier molecular flexibility index (Phi) is 6.43. The number of Topliss-reactive ketones (excluding diaryl/α,β-unsaturated/α-hetero) is 1. The molecule has 25 heavy (non-hydrogen) atoms. The Bertz CT molecular complexity index is 776. The topological polar surface area (TPSA) is 79.2 Å². The van der Waals surface area contributed by atoms with Gasteiger partial charge in [0, 0.05) is 11.3 Å². The first-order chi connectivity index (χ1) is 12.0. The number of nitrogens with one attached hydrogen (secondary N) is 1. The van der Waals surface area contributed by atoms with E-state index < -0.39 is 5.92 Å². The monoisotopic (exact) mass is 356 g/mol. The first-order valence-corrected chi connectivity index (χ1v) is 8.94. The summed E-state index contributed by atoms with van der Waals surface area (Å²) in [7, 11) is 0. The summed E-state index contributed by atoms with van der Waals surface area (Å²) < 4.78 is 4.94. The van der Waals surface area contributed by atoms with Crippen molar-refractivity contribution >= 4 is 23.5 Å². The molecule has 6 heteroatoms. The average Bonchev–Trinajstić information content (AvgIpc) is 2.59. The number of ether oxygens (including phenoxy) is 1. The van der Waals surface area contributed by atoms with Crippen LogP contribution in [0, 0.1) is 11.3 Å². The highest BCUT2D eigenvalue weighted by Gasteiger charge is 2.33. The number of nitrogens with zero attached hydrogens (tertiary/aromatic N) is 1. The molecule has 2 rings (SSSR count). The van der Waals surface area contributed by atoms with Crippen LogP contribution in [-0.4, -0.2) is 24.1 Å². The lowest BCUT2D eigenvalue weighted by Crippen LogP contribution is -2.27. The van der Waals surface area contributed by atoms with Gasteiger partial charge in [-0.15, -0.1) is 0 Å². The summed E-state index contributed by atoms with van der Waals surface area (Å²) in [5.41, 5.74) is 2.59. The summed E-state index contributed by atoms with van der Waals surface area (Å²) in [6, 6.07) is 11.7. The van der Waals surface area contributed by atoms with Gasteiger partial charge >= 0.3 is 5.97 Å². The predicted octanol–water partition coefficient (Wildman–Crippen LogP) is 3.27. The molecule has 130 valence electrons. The summed E-state index contributed by atoms with van der Waals surface area (Å²) in [6.45, 7) is 5.38. The Labute approximate surface area is 151 Å². The third-order valence-corrected chi connectivity index (χ3v) is 4.79. The number of carbonyl (C=O) groups excluding carboxylic acids is 2. The molecule has 0 saturated heterocycles. The number of allylic oxidation sites excluding steroid dienone is 3. The van der Waals surface area contributed by atoms with Crippen LogP contribution in [0.3, 0.4) is 0 Å². The lowest BCUT2D eigenvalue weighted by Gasteiger charge is -2.29. The van der Waals surface area contributed by atoms with E-state index in [0.717, 1.165) is 5.56 Å². The molecular weight excluding hydrogens is 336 g/mol. The van der Waals surface area contributed by atoms with Gasteiger partial charge in [-0.1, -0.05) is 42.1 Å². The number of benzene rings is 1. The first-order valence-electron chi connectivity index (χ1n) is 7.95. The molecule has 0 unspecified atom stereocenters. The second-order valence-corrected chi connectivity index (χ2v) is 6.50. The Hall–Kier alpha value is -2.52. The zero-order chi connectivity index (χ0) is 18.4. The van der Waals surface area contributed by atoms with Gasteiger partial charge < -0.3 is 10.1 Å². The number of thioether (sulfide) groups is 1. The lowest BCUT2D eigenvalue weighted by atomic mass is 9.81. The van der Waals surface area contributed by atoms with Crippen LogP contribution in [0.4, 0.5) is 0 Å². The highest BCUT2D eigenvalue weighted by atomic mass is 32.2. The molecule has 1 atom stereocenters. The van der Waals surface area contributed by atoms with Gasteiger partial charge in [0.05, 0.1) is 34.9 Å². The number of carbonyl (C=O) groups is 2. The maximum Gasteiger partial charge on any atom is 0.316 e. The molecule has 0 aromatic heterocycles. The second-order valence-electron chi connectivity index (χ2n) is 5.51. The zero-order valence-electron chi connectivity index (χ0n) is 14.5. The maximum absolute atomic E-state index is 12.2. The van der Waals surface area contributed by atoms with E-state index in [1.165, 1.54) is 18.7 Å². The van der Waals surface area contributed by atoms with E-state index in [1.54, 1.807) is 6.92 Å². The number of nitriles is 1. The molecule has 0 aliphatic carbocycles. The van der Waals surface area contributed by atoms with Crippen molar-refractivity contribution in [2.75, 3.05) is 12.4 Å². The van der Waals surface area contributed by atoms with E-state index in [0.29, 0.717) is 28.5 Å². The summed E-state index contributed by atoms with van der Waals surface area (Å²) in [5.74, 6) is -0.754. The van der Waals surface area contributed by atoms with Crippen molar-refractivity contribution in [1.29, 1.82) is 5.26 Å². The fraction of sp³-hybridized carbons (Fsp3) is 0.316. The number of rotatable bonds is 6. The van der Waals surface area contributed by atoms with Gasteiger partial charge in [-0.3, -0.25) is 9.59 Å². The summed E-state index contributed by atoms with van der Waals surface area (Å²) in [4.78, 5) is 23.8. The number of hydrogen-bond acceptors (Lipinski definition) is 6. The minimum Gasteiger partial charge on any atom is -0.465 e. The van der Waals surface area contributed by atoms with Gasteiger partial charge in [-0.25, -0.2) is 0 Å². The standard InChI is InChI=1S/C19H20N2O3S/c1-4-24-16(23)11-25-19-15(10-20)18(14-8-6-5-7-9-14)17(13(3)22)12(2)21-19/h5-9,18,21H,4,11H2,1-3H3/t18-/m1/s1. The van der Waals surface area contributed by atoms with E-state index in [9.17, 15) is 14.9 Å². The van der Waals surface area contributed by atoms with Gasteiger partial charge in [-0.2, -0.15) is 5.26 Å². The predicted molar refractivity (Wildman–Crippen MR) is 97.4 cm³/mol. The molecule has 1 aromatic carbocycles. The number of hydrogen-bond donors (Lipinski definition) is 1. The molecule has 0 spiro atoms. The fourth-order valence-corrected chi connectivity index (χ4v) is 3.70. The fourth-order valence-electron chi connectivity index (χ4n) is 2.81. The van der Waals surface area contributed by atoms with Crippen molar-refractivity contribution in [1.82, 2.24) is 5.32 Å². The Morgan fingerprint density at radius 3 is 2.56 bits per heavy atom. The number of ketones is 1. The van der Waals surface area contributed by atoms with Gasteiger partial charge in [0.2, 0.25) is 0 Å². The molecule has 0 fully saturated rings. The van der Waals surface area contributed by atoms with Crippen molar-refractivity contribution in [3.05, 3.63) is 57.8 Å². The van der Waals surface area contributed by atoms with Crippen LogP contribution in [0.25, 0.3) is 0 Å². The highest BCUT2D eigenvalue weighted by Crippen LogP contribution is 2.40. The largest absolute Gasteiger partial charge is 0.465 e. The SMILES string of the molecule is CCOC(=O)CSC1=C(C#N)[C@@H](c2ccccc2)C(C(C)=O)=C(C)N1. The molecule has 1 aliphatic heterocycles. The molecule has 0 amide bonds. The van der Waals surface area contributed by atoms with E-state index in [4.69, 9.17) is 4.74 Å². The van der Waals surface area contributed by atoms with Crippen molar-refractivity contribution in [2.24, 2.45) is 0 Å². The lowest BCUT2D eigenvalue weighted by molar-refractivity contribution is -0.139. The smallest absolute Gasteiger partial charge is 0.316 e. The molecule has 1 aliphatic rings. The maximum atomic E-state index is 12.2. The third-order valence-electron chi connectivity index (χ3n) is 3.80. The molecule has 0 saturated carbocycles. The summed E-state index contributed by atoms with van der Waals surface area (Å²) >= 11 is 1.22. The molecule has 1 N–H and O–H groups in total. The number of dihydropyridines is 1. The van der Waals surface area contributed by atoms with Gasteiger partial charge in [0.15, 0.2) is 5.78 Å². The first kappa shape index (κ1) is 18.8. The normalized spacial score (nSPS) is 17.0. The van der Waals surface area contributed by atoms with E-state index >= 15 is 0 Å². The van der Waals surface area contributed by atoms with Gasteiger partial charge in [-0.05, 0) is 26.3 Å². The van der Waals surface area contributed by atoms with E-state index in [2.05, 4.69) is 11.4 Å². The van der Waals surface area contributed by atoms with Crippen LogP contribution < -0.4 is 5.32 Å².